The highest BCUT2D eigenvalue weighted by Gasteiger charge is 2.31. The monoisotopic (exact) mass is 354 g/mol. The molecule has 6 nitrogen and oxygen atoms in total. The fourth-order valence-electron chi connectivity index (χ4n) is 3.34. The molecule has 1 aromatic heterocycles. The predicted molar refractivity (Wildman–Crippen MR) is 99.5 cm³/mol. The Hall–Kier alpha value is -2.63. The van der Waals surface area contributed by atoms with Gasteiger partial charge in [-0.3, -0.25) is 14.3 Å². The summed E-state index contributed by atoms with van der Waals surface area (Å²) < 4.78 is 1.67. The summed E-state index contributed by atoms with van der Waals surface area (Å²) in [5.41, 5.74) is 3.61. The van der Waals surface area contributed by atoms with Crippen LogP contribution in [-0.2, 0) is 16.1 Å². The largest absolute Gasteiger partial charge is 0.335 e. The zero-order valence-electron chi connectivity index (χ0n) is 15.7. The Morgan fingerprint density at radius 2 is 2.04 bits per heavy atom. The first-order chi connectivity index (χ1) is 12.5. The minimum Gasteiger partial charge on any atom is -0.335 e. The van der Waals surface area contributed by atoms with Gasteiger partial charge in [0.05, 0.1) is 6.54 Å². The van der Waals surface area contributed by atoms with Gasteiger partial charge in [-0.05, 0) is 43.0 Å². The van der Waals surface area contributed by atoms with Gasteiger partial charge in [0.15, 0.2) is 0 Å². The number of carbonyl (C=O) groups is 2. The third-order valence-corrected chi connectivity index (χ3v) is 5.09. The number of amides is 2. The molecular weight excluding hydrogens is 328 g/mol. The number of hydrogen-bond donors (Lipinski definition) is 0. The molecule has 6 heteroatoms. The Morgan fingerprint density at radius 1 is 1.23 bits per heavy atom. The minimum atomic E-state index is -0.343. The molecule has 1 fully saturated rings. The predicted octanol–water partition coefficient (Wildman–Crippen LogP) is 2.32. The lowest BCUT2D eigenvalue weighted by Crippen LogP contribution is -2.53. The Balaban J connectivity index is 1.63. The van der Waals surface area contributed by atoms with E-state index in [0.717, 1.165) is 5.56 Å². The maximum atomic E-state index is 12.8. The van der Waals surface area contributed by atoms with Crippen LogP contribution in [0, 0.1) is 13.8 Å². The van der Waals surface area contributed by atoms with E-state index >= 15 is 0 Å². The van der Waals surface area contributed by atoms with Gasteiger partial charge in [0, 0.05) is 32.0 Å². The molecule has 0 aliphatic carbocycles. The summed E-state index contributed by atoms with van der Waals surface area (Å²) in [4.78, 5) is 28.9. The number of nitrogens with zero attached hydrogens (tertiary/aromatic N) is 4. The van der Waals surface area contributed by atoms with E-state index in [0.29, 0.717) is 26.1 Å². The number of aryl methyl sites for hydroxylation is 2. The zero-order chi connectivity index (χ0) is 18.7. The van der Waals surface area contributed by atoms with Gasteiger partial charge < -0.3 is 9.80 Å². The highest BCUT2D eigenvalue weighted by Crippen LogP contribution is 2.18. The van der Waals surface area contributed by atoms with E-state index in [1.165, 1.54) is 11.1 Å². The van der Waals surface area contributed by atoms with E-state index in [1.807, 2.05) is 17.9 Å². The van der Waals surface area contributed by atoms with Crippen LogP contribution in [0.15, 0.2) is 36.7 Å². The Bertz CT molecular complexity index is 785. The molecule has 0 N–H and O–H groups in total. The molecular formula is C20H26N4O2. The van der Waals surface area contributed by atoms with E-state index in [9.17, 15) is 9.59 Å². The van der Waals surface area contributed by atoms with Crippen LogP contribution in [0.25, 0.3) is 0 Å². The molecule has 1 saturated heterocycles. The number of hydrogen-bond acceptors (Lipinski definition) is 3. The first kappa shape index (κ1) is 18.2. The van der Waals surface area contributed by atoms with Gasteiger partial charge in [0.2, 0.25) is 11.8 Å². The average Bonchev–Trinajstić information content (AvgIpc) is 3.14. The van der Waals surface area contributed by atoms with Crippen molar-refractivity contribution < 1.29 is 9.59 Å². The fourth-order valence-corrected chi connectivity index (χ4v) is 3.34. The van der Waals surface area contributed by atoms with Crippen molar-refractivity contribution in [1.29, 1.82) is 0 Å². The van der Waals surface area contributed by atoms with Crippen molar-refractivity contribution in [3.8, 4) is 0 Å². The molecule has 3 rings (SSSR count). The molecule has 1 atom stereocenters. The average molecular weight is 354 g/mol. The van der Waals surface area contributed by atoms with Crippen molar-refractivity contribution in [2.75, 3.05) is 19.6 Å². The van der Waals surface area contributed by atoms with Gasteiger partial charge in [0.1, 0.15) is 6.04 Å². The number of carbonyl (C=O) groups excluding carboxylic acids is 2. The smallest absolute Gasteiger partial charge is 0.247 e. The van der Waals surface area contributed by atoms with E-state index < -0.39 is 0 Å². The summed E-state index contributed by atoms with van der Waals surface area (Å²) >= 11 is 0. The third kappa shape index (κ3) is 3.79. The molecule has 1 aliphatic heterocycles. The summed E-state index contributed by atoms with van der Waals surface area (Å²) in [6, 6.07) is 7.75. The van der Waals surface area contributed by atoms with Gasteiger partial charge in [-0.2, -0.15) is 5.10 Å². The second-order valence-electron chi connectivity index (χ2n) is 6.90. The lowest BCUT2D eigenvalue weighted by Gasteiger charge is -2.36. The second kappa shape index (κ2) is 7.72. The summed E-state index contributed by atoms with van der Waals surface area (Å²) in [5, 5.41) is 4.18. The van der Waals surface area contributed by atoms with Gasteiger partial charge in [0.25, 0.3) is 0 Å². The zero-order valence-corrected chi connectivity index (χ0v) is 15.7. The SMILES string of the molecule is CCC(C(=O)N1CCN(Cc2ccc(C)c(C)c2)C(=O)C1)n1cccn1. The number of rotatable bonds is 5. The molecule has 0 bridgehead atoms. The van der Waals surface area contributed by atoms with Crippen molar-refractivity contribution in [3.05, 3.63) is 53.3 Å². The van der Waals surface area contributed by atoms with Crippen LogP contribution in [0.1, 0.15) is 36.1 Å². The van der Waals surface area contributed by atoms with Crippen LogP contribution < -0.4 is 0 Å². The molecule has 0 spiro atoms. The van der Waals surface area contributed by atoms with Crippen LogP contribution in [0.5, 0.6) is 0 Å². The van der Waals surface area contributed by atoms with Crippen molar-refractivity contribution >= 4 is 11.8 Å². The molecule has 26 heavy (non-hydrogen) atoms. The lowest BCUT2D eigenvalue weighted by molar-refractivity contribution is -0.147. The first-order valence-corrected chi connectivity index (χ1v) is 9.11. The molecule has 2 amide bonds. The van der Waals surface area contributed by atoms with Crippen LogP contribution in [-0.4, -0.2) is 51.0 Å². The summed E-state index contributed by atoms with van der Waals surface area (Å²) in [7, 11) is 0. The van der Waals surface area contributed by atoms with Crippen LogP contribution in [0.3, 0.4) is 0 Å². The maximum absolute atomic E-state index is 12.8. The summed E-state index contributed by atoms with van der Waals surface area (Å²) in [5.74, 6) is -0.0338. The number of aromatic nitrogens is 2. The van der Waals surface area contributed by atoms with Crippen LogP contribution in [0.4, 0.5) is 0 Å². The maximum Gasteiger partial charge on any atom is 0.247 e. The van der Waals surface area contributed by atoms with Crippen molar-refractivity contribution in [3.63, 3.8) is 0 Å². The standard InChI is InChI=1S/C20H26N4O2/c1-4-18(24-9-5-8-21-24)20(26)23-11-10-22(19(25)14-23)13-17-7-6-15(2)16(3)12-17/h5-9,12,18H,4,10-11,13-14H2,1-3H3. The molecule has 0 radical (unpaired) electrons. The normalized spacial score (nSPS) is 16.0. The summed E-state index contributed by atoms with van der Waals surface area (Å²) in [6.45, 7) is 7.98. The molecule has 1 unspecified atom stereocenters. The molecule has 138 valence electrons. The Kier molecular flexibility index (Phi) is 5.40. The molecule has 1 aliphatic rings. The topological polar surface area (TPSA) is 58.4 Å². The minimum absolute atomic E-state index is 0.00172. The van der Waals surface area contributed by atoms with Gasteiger partial charge in [-0.15, -0.1) is 0 Å². The molecule has 2 heterocycles. The number of benzene rings is 1. The first-order valence-electron chi connectivity index (χ1n) is 9.11. The van der Waals surface area contributed by atoms with Gasteiger partial charge >= 0.3 is 0 Å². The van der Waals surface area contributed by atoms with Gasteiger partial charge in [-0.1, -0.05) is 25.1 Å². The van der Waals surface area contributed by atoms with Crippen molar-refractivity contribution in [1.82, 2.24) is 19.6 Å². The molecule has 2 aromatic rings. The van der Waals surface area contributed by atoms with Gasteiger partial charge in [-0.25, -0.2) is 0 Å². The quantitative estimate of drug-likeness (QED) is 0.828. The van der Waals surface area contributed by atoms with E-state index in [4.69, 9.17) is 0 Å². The third-order valence-electron chi connectivity index (χ3n) is 5.09. The fraction of sp³-hybridized carbons (Fsp3) is 0.450. The second-order valence-corrected chi connectivity index (χ2v) is 6.90. The van der Waals surface area contributed by atoms with Crippen LogP contribution in [0.2, 0.25) is 0 Å². The highest BCUT2D eigenvalue weighted by atomic mass is 16.2. The molecule has 1 aromatic carbocycles. The summed E-state index contributed by atoms with van der Waals surface area (Å²) in [6.07, 6.45) is 4.12. The van der Waals surface area contributed by atoms with E-state index in [-0.39, 0.29) is 24.4 Å². The van der Waals surface area contributed by atoms with Crippen molar-refractivity contribution in [2.24, 2.45) is 0 Å². The lowest BCUT2D eigenvalue weighted by atomic mass is 10.1. The van der Waals surface area contributed by atoms with Crippen LogP contribution >= 0.6 is 0 Å². The Labute approximate surface area is 154 Å². The van der Waals surface area contributed by atoms with E-state index in [1.54, 1.807) is 22.0 Å². The highest BCUT2D eigenvalue weighted by molar-refractivity contribution is 5.87. The van der Waals surface area contributed by atoms with E-state index in [2.05, 4.69) is 37.1 Å². The number of piperazine rings is 1. The van der Waals surface area contributed by atoms with Crippen molar-refractivity contribution in [2.45, 2.75) is 39.8 Å². The Morgan fingerprint density at radius 3 is 2.65 bits per heavy atom. The molecule has 0 saturated carbocycles.